The molecule has 2 aromatic carbocycles. The molecule has 1 atom stereocenters. The molecule has 0 spiro atoms. The van der Waals surface area contributed by atoms with E-state index in [1.54, 1.807) is 6.07 Å². The highest BCUT2D eigenvalue weighted by Crippen LogP contribution is 2.30. The van der Waals surface area contributed by atoms with Gasteiger partial charge in [0.15, 0.2) is 17.6 Å². The van der Waals surface area contributed by atoms with Crippen molar-refractivity contribution >= 4 is 23.6 Å². The summed E-state index contributed by atoms with van der Waals surface area (Å²) in [7, 11) is 1.38. The number of phenolic OH excluding ortho intramolecular Hbond substituents is 1. The number of nitrogens with one attached hydrogen (secondary N) is 1. The zero-order valence-corrected chi connectivity index (χ0v) is 15.5. The summed E-state index contributed by atoms with van der Waals surface area (Å²) < 4.78 is 47.5. The Morgan fingerprint density at radius 3 is 2.38 bits per heavy atom. The number of rotatable bonds is 6. The van der Waals surface area contributed by atoms with Gasteiger partial charge >= 0.3 is 12.1 Å². The van der Waals surface area contributed by atoms with Gasteiger partial charge in [0.25, 0.3) is 5.91 Å². The summed E-state index contributed by atoms with van der Waals surface area (Å²) in [5, 5.41) is 11.9. The summed E-state index contributed by atoms with van der Waals surface area (Å²) in [6, 6.07) is 8.31. The smallest absolute Gasteiger partial charge is 0.416 e. The lowest BCUT2D eigenvalue weighted by Crippen LogP contribution is -2.29. The first-order valence-corrected chi connectivity index (χ1v) is 8.34. The molecule has 0 aliphatic rings. The van der Waals surface area contributed by atoms with E-state index in [9.17, 15) is 27.9 Å². The number of halogens is 3. The Morgan fingerprint density at radius 2 is 1.79 bits per heavy atom. The van der Waals surface area contributed by atoms with E-state index in [2.05, 4.69) is 5.32 Å². The van der Waals surface area contributed by atoms with E-state index in [0.29, 0.717) is 5.56 Å². The van der Waals surface area contributed by atoms with Crippen LogP contribution in [0.1, 0.15) is 18.1 Å². The van der Waals surface area contributed by atoms with Crippen LogP contribution >= 0.6 is 0 Å². The Kier molecular flexibility index (Phi) is 6.87. The third-order valence-corrected chi connectivity index (χ3v) is 3.76. The van der Waals surface area contributed by atoms with Crippen molar-refractivity contribution in [1.29, 1.82) is 0 Å². The SMILES string of the molecule is COc1cc(/C=C\C(=O)O[C@H](C)C(=O)Nc2ccc(C(F)(F)F)cc2)ccc1O. The van der Waals surface area contributed by atoms with Gasteiger partial charge in [0.05, 0.1) is 12.7 Å². The standard InChI is InChI=1S/C20H18F3NO5/c1-12(19(27)24-15-7-5-14(6-8-15)20(21,22)23)29-18(26)10-4-13-3-9-16(25)17(11-13)28-2/h3-12,25H,1-2H3,(H,24,27)/b10-4-/t12-/m1/s1. The molecule has 0 saturated carbocycles. The Hall–Kier alpha value is -3.49. The molecule has 0 bridgehead atoms. The molecule has 2 aromatic rings. The number of hydrogen-bond donors (Lipinski definition) is 2. The van der Waals surface area contributed by atoms with Crippen LogP contribution in [0.5, 0.6) is 11.5 Å². The fourth-order valence-electron chi connectivity index (χ4n) is 2.22. The van der Waals surface area contributed by atoms with Crippen LogP contribution < -0.4 is 10.1 Å². The van der Waals surface area contributed by atoms with Gasteiger partial charge in [0, 0.05) is 11.8 Å². The van der Waals surface area contributed by atoms with E-state index in [-0.39, 0.29) is 17.2 Å². The van der Waals surface area contributed by atoms with Gasteiger partial charge in [-0.3, -0.25) is 4.79 Å². The molecular weight excluding hydrogens is 391 g/mol. The van der Waals surface area contributed by atoms with Crippen LogP contribution in [-0.2, 0) is 20.5 Å². The summed E-state index contributed by atoms with van der Waals surface area (Å²) in [4.78, 5) is 23.9. The molecule has 154 valence electrons. The second kappa shape index (κ2) is 9.13. The summed E-state index contributed by atoms with van der Waals surface area (Å²) in [5.41, 5.74) is -0.151. The highest BCUT2D eigenvalue weighted by atomic mass is 19.4. The fraction of sp³-hybridized carbons (Fsp3) is 0.200. The van der Waals surface area contributed by atoms with Gasteiger partial charge in [0.1, 0.15) is 0 Å². The van der Waals surface area contributed by atoms with Gasteiger partial charge < -0.3 is 19.9 Å². The predicted octanol–water partition coefficient (Wildman–Crippen LogP) is 4.00. The molecule has 0 saturated heterocycles. The highest BCUT2D eigenvalue weighted by Gasteiger charge is 2.30. The number of anilines is 1. The predicted molar refractivity (Wildman–Crippen MR) is 99.3 cm³/mol. The van der Waals surface area contributed by atoms with Crippen LogP contribution in [0, 0.1) is 0 Å². The average molecular weight is 409 g/mol. The average Bonchev–Trinajstić information content (AvgIpc) is 2.67. The van der Waals surface area contributed by atoms with Gasteiger partial charge in [-0.05, 0) is 55.0 Å². The molecule has 0 unspecified atom stereocenters. The van der Waals surface area contributed by atoms with Gasteiger partial charge in [-0.2, -0.15) is 13.2 Å². The number of carbonyl (C=O) groups is 2. The first-order valence-electron chi connectivity index (χ1n) is 8.34. The van der Waals surface area contributed by atoms with E-state index in [0.717, 1.165) is 30.3 Å². The number of alkyl halides is 3. The monoisotopic (exact) mass is 409 g/mol. The van der Waals surface area contributed by atoms with Crippen LogP contribution in [-0.4, -0.2) is 30.2 Å². The first-order chi connectivity index (χ1) is 13.6. The summed E-state index contributed by atoms with van der Waals surface area (Å²) in [5.74, 6) is -1.32. The number of methoxy groups -OCH3 is 1. The number of carbonyl (C=O) groups excluding carboxylic acids is 2. The molecule has 2 rings (SSSR count). The number of benzene rings is 2. The fourth-order valence-corrected chi connectivity index (χ4v) is 2.22. The van der Waals surface area contributed by atoms with Gasteiger partial charge in [-0.1, -0.05) is 6.07 Å². The van der Waals surface area contributed by atoms with Crippen molar-refractivity contribution in [1.82, 2.24) is 0 Å². The second-order valence-electron chi connectivity index (χ2n) is 5.91. The number of aromatic hydroxyl groups is 1. The van der Waals surface area contributed by atoms with E-state index < -0.39 is 29.7 Å². The minimum atomic E-state index is -4.47. The van der Waals surface area contributed by atoms with E-state index in [1.165, 1.54) is 32.2 Å². The molecular formula is C20H18F3NO5. The highest BCUT2D eigenvalue weighted by molar-refractivity contribution is 5.96. The quantitative estimate of drug-likeness (QED) is 0.557. The van der Waals surface area contributed by atoms with Crippen molar-refractivity contribution in [3.05, 3.63) is 59.7 Å². The van der Waals surface area contributed by atoms with Crippen LogP contribution in [0.4, 0.5) is 18.9 Å². The molecule has 0 aromatic heterocycles. The zero-order valence-electron chi connectivity index (χ0n) is 15.5. The Balaban J connectivity index is 1.92. The second-order valence-corrected chi connectivity index (χ2v) is 5.91. The first kappa shape index (κ1) is 21.8. The molecule has 1 amide bonds. The maximum atomic E-state index is 12.5. The number of esters is 1. The topological polar surface area (TPSA) is 84.9 Å². The molecule has 0 aliphatic carbocycles. The lowest BCUT2D eigenvalue weighted by molar-refractivity contribution is -0.148. The number of amides is 1. The van der Waals surface area contributed by atoms with Crippen molar-refractivity contribution in [2.45, 2.75) is 19.2 Å². The van der Waals surface area contributed by atoms with E-state index in [1.807, 2.05) is 0 Å². The van der Waals surface area contributed by atoms with Crippen molar-refractivity contribution in [2.75, 3.05) is 12.4 Å². The van der Waals surface area contributed by atoms with Crippen molar-refractivity contribution < 1.29 is 37.3 Å². The van der Waals surface area contributed by atoms with Gasteiger partial charge in [-0.25, -0.2) is 4.79 Å². The van der Waals surface area contributed by atoms with Crippen molar-refractivity contribution in [2.24, 2.45) is 0 Å². The summed E-state index contributed by atoms with van der Waals surface area (Å²) >= 11 is 0. The third-order valence-electron chi connectivity index (χ3n) is 3.76. The van der Waals surface area contributed by atoms with E-state index >= 15 is 0 Å². The minimum Gasteiger partial charge on any atom is -0.504 e. The Morgan fingerprint density at radius 1 is 1.14 bits per heavy atom. The molecule has 9 heteroatoms. The number of phenols is 1. The minimum absolute atomic E-state index is 0.0548. The lowest BCUT2D eigenvalue weighted by atomic mass is 10.2. The molecule has 2 N–H and O–H groups in total. The van der Waals surface area contributed by atoms with E-state index in [4.69, 9.17) is 9.47 Å². The summed E-state index contributed by atoms with van der Waals surface area (Å²) in [6.07, 6.45) is -3.15. The van der Waals surface area contributed by atoms with Crippen molar-refractivity contribution in [3.63, 3.8) is 0 Å². The molecule has 0 aliphatic heterocycles. The lowest BCUT2D eigenvalue weighted by Gasteiger charge is -2.13. The molecule has 6 nitrogen and oxygen atoms in total. The molecule has 0 radical (unpaired) electrons. The number of hydrogen-bond acceptors (Lipinski definition) is 5. The molecule has 0 fully saturated rings. The van der Waals surface area contributed by atoms with Crippen molar-refractivity contribution in [3.8, 4) is 11.5 Å². The Labute approximate surface area is 164 Å². The van der Waals surface area contributed by atoms with Gasteiger partial charge in [-0.15, -0.1) is 0 Å². The van der Waals surface area contributed by atoms with Crippen LogP contribution in [0.3, 0.4) is 0 Å². The molecule has 29 heavy (non-hydrogen) atoms. The number of ether oxygens (including phenoxy) is 2. The van der Waals surface area contributed by atoms with Crippen LogP contribution in [0.2, 0.25) is 0 Å². The van der Waals surface area contributed by atoms with Gasteiger partial charge in [0.2, 0.25) is 0 Å². The largest absolute Gasteiger partial charge is 0.504 e. The maximum absolute atomic E-state index is 12.5. The third kappa shape index (κ3) is 6.27. The Bertz CT molecular complexity index is 907. The zero-order chi connectivity index (χ0) is 21.6. The molecule has 0 heterocycles. The summed E-state index contributed by atoms with van der Waals surface area (Å²) in [6.45, 7) is 1.33. The van der Waals surface area contributed by atoms with Crippen LogP contribution in [0.15, 0.2) is 48.5 Å². The van der Waals surface area contributed by atoms with Crippen LogP contribution in [0.25, 0.3) is 6.08 Å². The maximum Gasteiger partial charge on any atom is 0.416 e. The normalized spacial score (nSPS) is 12.4.